The summed E-state index contributed by atoms with van der Waals surface area (Å²) in [6.07, 6.45) is 5.75. The van der Waals surface area contributed by atoms with Gasteiger partial charge in [0, 0.05) is 12.4 Å². The Bertz CT molecular complexity index is 498. The van der Waals surface area contributed by atoms with Crippen LogP contribution in [0, 0.1) is 0 Å². The number of anilines is 2. The molecule has 0 aliphatic heterocycles. The minimum atomic E-state index is 0.0157. The van der Waals surface area contributed by atoms with Crippen LogP contribution in [-0.4, -0.2) is 27.0 Å². The zero-order chi connectivity index (χ0) is 13.0. The number of imidazole rings is 1. The van der Waals surface area contributed by atoms with Crippen molar-refractivity contribution in [2.75, 3.05) is 18.2 Å². The molecule has 7 nitrogen and oxygen atoms in total. The summed E-state index contributed by atoms with van der Waals surface area (Å²) in [6.45, 7) is 2.05. The number of nitrogens with one attached hydrogen (secondary N) is 2. The monoisotopic (exact) mass is 248 g/mol. The second kappa shape index (κ2) is 5.35. The zero-order valence-corrected chi connectivity index (χ0v) is 10.3. The number of methoxy groups -OCH3 is 1. The first-order valence-corrected chi connectivity index (χ1v) is 5.66. The second-order valence-corrected chi connectivity index (χ2v) is 3.72. The van der Waals surface area contributed by atoms with E-state index < -0.39 is 0 Å². The van der Waals surface area contributed by atoms with Crippen molar-refractivity contribution in [2.45, 2.75) is 19.4 Å². The van der Waals surface area contributed by atoms with Gasteiger partial charge in [-0.2, -0.15) is 4.98 Å². The molecule has 2 aromatic heterocycles. The predicted molar refractivity (Wildman–Crippen MR) is 68.2 cm³/mol. The summed E-state index contributed by atoms with van der Waals surface area (Å²) in [6, 6.07) is 0.0157. The fraction of sp³-hybridized carbons (Fsp3) is 0.364. The maximum Gasteiger partial charge on any atom is 0.242 e. The summed E-state index contributed by atoms with van der Waals surface area (Å²) in [7, 11) is 1.52. The highest BCUT2D eigenvalue weighted by Crippen LogP contribution is 2.27. The Morgan fingerprint density at radius 1 is 1.44 bits per heavy atom. The van der Waals surface area contributed by atoms with Crippen molar-refractivity contribution in [3.05, 3.63) is 24.5 Å². The van der Waals surface area contributed by atoms with Gasteiger partial charge in [0.25, 0.3) is 0 Å². The van der Waals surface area contributed by atoms with E-state index in [-0.39, 0.29) is 6.04 Å². The number of nitrogens with zero attached hydrogens (tertiary/aromatic N) is 3. The minimum absolute atomic E-state index is 0.0157. The number of aromatic nitrogens is 4. The molecule has 2 heterocycles. The molecule has 0 amide bonds. The summed E-state index contributed by atoms with van der Waals surface area (Å²) in [5, 5.41) is 3.22. The molecular formula is C11H16N6O. The zero-order valence-electron chi connectivity index (χ0n) is 10.3. The maximum absolute atomic E-state index is 5.91. The van der Waals surface area contributed by atoms with Crippen molar-refractivity contribution < 1.29 is 4.74 Å². The Hall–Kier alpha value is -2.31. The Labute approximate surface area is 105 Å². The third-order valence-electron chi connectivity index (χ3n) is 2.61. The van der Waals surface area contributed by atoms with Crippen LogP contribution < -0.4 is 15.8 Å². The SMILES string of the molecule is CCC(Nc1ncnc(OC)c1N)c1ncc[nH]1. The van der Waals surface area contributed by atoms with Crippen LogP contribution in [0.4, 0.5) is 11.5 Å². The molecule has 0 bridgehead atoms. The van der Waals surface area contributed by atoms with Crippen molar-refractivity contribution in [3.63, 3.8) is 0 Å². The standard InChI is InChI=1S/C11H16N6O/c1-3-7(9-13-4-5-14-9)17-10-8(12)11(18-2)16-6-15-10/h4-7H,3,12H2,1-2H3,(H,13,14)(H,15,16,17). The van der Waals surface area contributed by atoms with Crippen LogP contribution in [0.5, 0.6) is 5.88 Å². The van der Waals surface area contributed by atoms with E-state index in [1.165, 1.54) is 13.4 Å². The lowest BCUT2D eigenvalue weighted by atomic mass is 10.2. The van der Waals surface area contributed by atoms with Crippen LogP contribution in [0.25, 0.3) is 0 Å². The Balaban J connectivity index is 2.22. The van der Waals surface area contributed by atoms with Gasteiger partial charge in [0.05, 0.1) is 13.2 Å². The maximum atomic E-state index is 5.91. The number of rotatable bonds is 5. The van der Waals surface area contributed by atoms with Crippen molar-refractivity contribution in [2.24, 2.45) is 0 Å². The highest BCUT2D eigenvalue weighted by molar-refractivity contribution is 5.66. The highest BCUT2D eigenvalue weighted by Gasteiger charge is 2.15. The van der Waals surface area contributed by atoms with E-state index in [0.717, 1.165) is 12.2 Å². The number of hydrogen-bond acceptors (Lipinski definition) is 6. The van der Waals surface area contributed by atoms with Crippen LogP contribution in [-0.2, 0) is 0 Å². The van der Waals surface area contributed by atoms with Crippen molar-refractivity contribution in [1.82, 2.24) is 19.9 Å². The predicted octanol–water partition coefficient (Wildman–Crippen LogP) is 1.35. The molecule has 1 unspecified atom stereocenters. The van der Waals surface area contributed by atoms with Crippen LogP contribution in [0.2, 0.25) is 0 Å². The average Bonchev–Trinajstić information content (AvgIpc) is 2.91. The molecule has 0 fully saturated rings. The van der Waals surface area contributed by atoms with E-state index in [0.29, 0.717) is 17.4 Å². The number of ether oxygens (including phenoxy) is 1. The molecule has 0 aliphatic carbocycles. The molecule has 18 heavy (non-hydrogen) atoms. The molecule has 0 radical (unpaired) electrons. The molecule has 7 heteroatoms. The van der Waals surface area contributed by atoms with Gasteiger partial charge in [0.15, 0.2) is 5.82 Å². The summed E-state index contributed by atoms with van der Waals surface area (Å²) in [5.41, 5.74) is 6.30. The molecule has 2 aromatic rings. The first-order chi connectivity index (χ1) is 8.76. The molecule has 0 spiro atoms. The minimum Gasteiger partial charge on any atom is -0.479 e. The smallest absolute Gasteiger partial charge is 0.242 e. The molecule has 0 aliphatic rings. The Morgan fingerprint density at radius 2 is 2.28 bits per heavy atom. The number of hydrogen-bond donors (Lipinski definition) is 3. The first kappa shape index (κ1) is 12.2. The van der Waals surface area contributed by atoms with E-state index in [2.05, 4.69) is 32.2 Å². The summed E-state index contributed by atoms with van der Waals surface area (Å²) < 4.78 is 5.05. The van der Waals surface area contributed by atoms with Crippen LogP contribution in [0.1, 0.15) is 25.2 Å². The van der Waals surface area contributed by atoms with Gasteiger partial charge in [-0.3, -0.25) is 0 Å². The summed E-state index contributed by atoms with van der Waals surface area (Å²) in [5.74, 6) is 1.75. The van der Waals surface area contributed by atoms with E-state index in [1.54, 1.807) is 12.4 Å². The van der Waals surface area contributed by atoms with Crippen LogP contribution >= 0.6 is 0 Å². The number of aromatic amines is 1. The quantitative estimate of drug-likeness (QED) is 0.738. The van der Waals surface area contributed by atoms with Gasteiger partial charge < -0.3 is 20.8 Å². The molecule has 2 rings (SSSR count). The van der Waals surface area contributed by atoms with Crippen LogP contribution in [0.3, 0.4) is 0 Å². The summed E-state index contributed by atoms with van der Waals surface area (Å²) in [4.78, 5) is 15.3. The van der Waals surface area contributed by atoms with Gasteiger partial charge >= 0.3 is 0 Å². The number of H-pyrrole nitrogens is 1. The molecule has 4 N–H and O–H groups in total. The number of nitrogens with two attached hydrogens (primary N) is 1. The Morgan fingerprint density at radius 3 is 2.89 bits per heavy atom. The Kier molecular flexibility index (Phi) is 3.61. The summed E-state index contributed by atoms with van der Waals surface area (Å²) >= 11 is 0. The third kappa shape index (κ3) is 2.34. The van der Waals surface area contributed by atoms with Gasteiger partial charge in [0.2, 0.25) is 5.88 Å². The lowest BCUT2D eigenvalue weighted by molar-refractivity contribution is 0.399. The number of nitrogen functional groups attached to an aromatic ring is 1. The van der Waals surface area contributed by atoms with Gasteiger partial charge in [-0.05, 0) is 6.42 Å². The van der Waals surface area contributed by atoms with Crippen molar-refractivity contribution in [1.29, 1.82) is 0 Å². The van der Waals surface area contributed by atoms with Gasteiger partial charge in [-0.1, -0.05) is 6.92 Å². The topological polar surface area (TPSA) is 102 Å². The molecule has 0 saturated carbocycles. The van der Waals surface area contributed by atoms with Crippen LogP contribution in [0.15, 0.2) is 18.7 Å². The molecule has 0 aromatic carbocycles. The van der Waals surface area contributed by atoms with E-state index in [4.69, 9.17) is 10.5 Å². The van der Waals surface area contributed by atoms with Crippen molar-refractivity contribution >= 4 is 11.5 Å². The fourth-order valence-electron chi connectivity index (χ4n) is 1.65. The first-order valence-electron chi connectivity index (χ1n) is 5.66. The lowest BCUT2D eigenvalue weighted by Gasteiger charge is -2.17. The van der Waals surface area contributed by atoms with E-state index in [1.807, 2.05) is 0 Å². The average molecular weight is 248 g/mol. The van der Waals surface area contributed by atoms with Gasteiger partial charge in [-0.25, -0.2) is 9.97 Å². The van der Waals surface area contributed by atoms with Gasteiger partial charge in [-0.15, -0.1) is 0 Å². The molecule has 1 atom stereocenters. The highest BCUT2D eigenvalue weighted by atomic mass is 16.5. The molecule has 96 valence electrons. The molecular weight excluding hydrogens is 232 g/mol. The molecule has 0 saturated heterocycles. The van der Waals surface area contributed by atoms with E-state index >= 15 is 0 Å². The second-order valence-electron chi connectivity index (χ2n) is 3.72. The van der Waals surface area contributed by atoms with E-state index in [9.17, 15) is 0 Å². The van der Waals surface area contributed by atoms with Crippen molar-refractivity contribution in [3.8, 4) is 5.88 Å². The lowest BCUT2D eigenvalue weighted by Crippen LogP contribution is -2.14. The van der Waals surface area contributed by atoms with Gasteiger partial charge in [0.1, 0.15) is 17.8 Å². The fourth-order valence-corrected chi connectivity index (χ4v) is 1.65. The third-order valence-corrected chi connectivity index (χ3v) is 2.61. The normalized spacial score (nSPS) is 12.1. The largest absolute Gasteiger partial charge is 0.479 e.